The molecule has 0 aliphatic carbocycles. The molecule has 10 heteroatoms. The van der Waals surface area contributed by atoms with Crippen LogP contribution in [0.1, 0.15) is 36.1 Å². The van der Waals surface area contributed by atoms with Crippen LogP contribution in [0.4, 0.5) is 5.69 Å². The number of pyridine rings is 1. The predicted molar refractivity (Wildman–Crippen MR) is 129 cm³/mol. The summed E-state index contributed by atoms with van der Waals surface area (Å²) in [5.41, 5.74) is 1.45. The number of nitrogens with one attached hydrogen (secondary N) is 2. The Morgan fingerprint density at radius 1 is 1.19 bits per heavy atom. The molecular formula is C22H30N6O3S. The molecule has 172 valence electrons. The first-order chi connectivity index (χ1) is 15.5. The molecule has 3 aromatic rings. The SMILES string of the molecule is CC.CCn1c(=O)[nH]c2cc(CN3CCN(c4ccc(C(=O)NC)nc4)CC3)sc2c1=O. The Labute approximate surface area is 190 Å². The lowest BCUT2D eigenvalue weighted by Crippen LogP contribution is -2.45. The molecule has 0 atom stereocenters. The minimum Gasteiger partial charge on any atom is -0.368 e. The van der Waals surface area contributed by atoms with E-state index in [2.05, 4.69) is 25.1 Å². The number of amides is 1. The average Bonchev–Trinajstić information content (AvgIpc) is 3.23. The van der Waals surface area contributed by atoms with E-state index in [4.69, 9.17) is 0 Å². The minimum atomic E-state index is -0.357. The predicted octanol–water partition coefficient (Wildman–Crippen LogP) is 1.87. The summed E-state index contributed by atoms with van der Waals surface area (Å²) in [5, 5.41) is 2.57. The normalized spacial score (nSPS) is 14.2. The Bertz CT molecular complexity index is 1170. The maximum Gasteiger partial charge on any atom is 0.328 e. The van der Waals surface area contributed by atoms with Crippen LogP contribution in [0, 0.1) is 0 Å². The number of fused-ring (bicyclic) bond motifs is 1. The van der Waals surface area contributed by atoms with Gasteiger partial charge in [-0.1, -0.05) is 13.8 Å². The zero-order chi connectivity index (χ0) is 23.3. The van der Waals surface area contributed by atoms with Gasteiger partial charge in [0.2, 0.25) is 0 Å². The number of piperazine rings is 1. The number of aromatic nitrogens is 3. The maximum atomic E-state index is 12.5. The molecule has 1 amide bonds. The van der Waals surface area contributed by atoms with Crippen molar-refractivity contribution in [2.75, 3.05) is 38.1 Å². The summed E-state index contributed by atoms with van der Waals surface area (Å²) in [7, 11) is 1.59. The first-order valence-corrected chi connectivity index (χ1v) is 11.7. The number of hydrogen-bond donors (Lipinski definition) is 2. The van der Waals surface area contributed by atoms with Gasteiger partial charge < -0.3 is 15.2 Å². The van der Waals surface area contributed by atoms with Gasteiger partial charge in [0.15, 0.2) is 0 Å². The van der Waals surface area contributed by atoms with Crippen molar-refractivity contribution >= 4 is 33.1 Å². The molecule has 0 aromatic carbocycles. The van der Waals surface area contributed by atoms with Gasteiger partial charge in [-0.15, -0.1) is 11.3 Å². The van der Waals surface area contributed by atoms with Crippen molar-refractivity contribution in [1.29, 1.82) is 0 Å². The fraction of sp³-hybridized carbons (Fsp3) is 0.455. The monoisotopic (exact) mass is 458 g/mol. The molecule has 4 rings (SSSR count). The van der Waals surface area contributed by atoms with Crippen LogP contribution in [-0.2, 0) is 13.1 Å². The third kappa shape index (κ3) is 4.91. The van der Waals surface area contributed by atoms with Crippen LogP contribution in [0.3, 0.4) is 0 Å². The smallest absolute Gasteiger partial charge is 0.328 e. The van der Waals surface area contributed by atoms with Crippen LogP contribution in [0.5, 0.6) is 0 Å². The minimum absolute atomic E-state index is 0.193. The molecule has 2 N–H and O–H groups in total. The molecule has 1 aliphatic heterocycles. The van der Waals surface area contributed by atoms with E-state index < -0.39 is 0 Å². The van der Waals surface area contributed by atoms with Crippen LogP contribution in [0.25, 0.3) is 10.2 Å². The van der Waals surface area contributed by atoms with Gasteiger partial charge in [0.05, 0.1) is 17.4 Å². The second-order valence-corrected chi connectivity index (χ2v) is 8.32. The van der Waals surface area contributed by atoms with E-state index in [1.807, 2.05) is 26.0 Å². The number of rotatable bonds is 5. The van der Waals surface area contributed by atoms with Crippen molar-refractivity contribution in [3.63, 3.8) is 0 Å². The zero-order valence-corrected chi connectivity index (χ0v) is 19.8. The summed E-state index contributed by atoms with van der Waals surface area (Å²) in [6.45, 7) is 10.4. The molecule has 4 heterocycles. The second kappa shape index (κ2) is 10.6. The van der Waals surface area contributed by atoms with E-state index in [-0.39, 0.29) is 17.2 Å². The third-order valence-corrected chi connectivity index (χ3v) is 6.46. The van der Waals surface area contributed by atoms with E-state index in [0.717, 1.165) is 43.3 Å². The van der Waals surface area contributed by atoms with Crippen molar-refractivity contribution in [1.82, 2.24) is 24.8 Å². The van der Waals surface area contributed by atoms with E-state index in [1.54, 1.807) is 26.2 Å². The molecule has 1 saturated heterocycles. The van der Waals surface area contributed by atoms with Crippen molar-refractivity contribution in [2.45, 2.75) is 33.9 Å². The Kier molecular flexibility index (Phi) is 7.81. The van der Waals surface area contributed by atoms with Gasteiger partial charge in [0.25, 0.3) is 11.5 Å². The molecule has 0 spiro atoms. The largest absolute Gasteiger partial charge is 0.368 e. The molecular weight excluding hydrogens is 428 g/mol. The highest BCUT2D eigenvalue weighted by atomic mass is 32.1. The number of nitrogens with zero attached hydrogens (tertiary/aromatic N) is 4. The van der Waals surface area contributed by atoms with Gasteiger partial charge in [-0.05, 0) is 25.1 Å². The van der Waals surface area contributed by atoms with Crippen molar-refractivity contribution in [3.05, 3.63) is 55.8 Å². The highest BCUT2D eigenvalue weighted by Crippen LogP contribution is 2.23. The molecule has 0 bridgehead atoms. The van der Waals surface area contributed by atoms with Crippen LogP contribution < -0.4 is 21.5 Å². The number of hydrogen-bond acceptors (Lipinski definition) is 7. The topological polar surface area (TPSA) is 103 Å². The Morgan fingerprint density at radius 2 is 1.91 bits per heavy atom. The van der Waals surface area contributed by atoms with E-state index in [9.17, 15) is 14.4 Å². The number of carbonyl (C=O) groups is 1. The number of carbonyl (C=O) groups excluding carboxylic acids is 1. The van der Waals surface area contributed by atoms with E-state index >= 15 is 0 Å². The standard InChI is InChI=1S/C20H24N6O3S.C2H6/c1-3-26-19(28)17-16(23-20(26)29)10-14(30-17)12-24-6-8-25(9-7-24)13-4-5-15(22-11-13)18(27)21-2;1-2/h4-5,10-11H,3,6-9,12H2,1-2H3,(H,21,27)(H,23,29);1-2H3. The van der Waals surface area contributed by atoms with Gasteiger partial charge in [-0.25, -0.2) is 9.78 Å². The van der Waals surface area contributed by atoms with Crippen LogP contribution in [-0.4, -0.2) is 58.6 Å². The number of aromatic amines is 1. The molecule has 3 aromatic heterocycles. The number of thiophene rings is 1. The van der Waals surface area contributed by atoms with Crippen molar-refractivity contribution in [3.8, 4) is 0 Å². The van der Waals surface area contributed by atoms with Gasteiger partial charge in [-0.3, -0.25) is 19.1 Å². The summed E-state index contributed by atoms with van der Waals surface area (Å²) in [5.74, 6) is -0.193. The lowest BCUT2D eigenvalue weighted by Gasteiger charge is -2.35. The quantitative estimate of drug-likeness (QED) is 0.605. The van der Waals surface area contributed by atoms with Crippen LogP contribution in [0.2, 0.25) is 0 Å². The summed E-state index contributed by atoms with van der Waals surface area (Å²) in [4.78, 5) is 48.8. The molecule has 0 unspecified atom stereocenters. The van der Waals surface area contributed by atoms with E-state index in [0.29, 0.717) is 22.5 Å². The van der Waals surface area contributed by atoms with Crippen LogP contribution in [0.15, 0.2) is 34.0 Å². The summed E-state index contributed by atoms with van der Waals surface area (Å²) < 4.78 is 1.83. The highest BCUT2D eigenvalue weighted by Gasteiger charge is 2.19. The van der Waals surface area contributed by atoms with Gasteiger partial charge >= 0.3 is 5.69 Å². The van der Waals surface area contributed by atoms with Crippen molar-refractivity contribution < 1.29 is 4.79 Å². The Morgan fingerprint density at radius 3 is 2.50 bits per heavy atom. The molecule has 0 saturated carbocycles. The lowest BCUT2D eigenvalue weighted by atomic mass is 10.2. The Balaban J connectivity index is 0.00000141. The third-order valence-electron chi connectivity index (χ3n) is 5.35. The maximum absolute atomic E-state index is 12.5. The number of H-pyrrole nitrogens is 1. The molecule has 9 nitrogen and oxygen atoms in total. The fourth-order valence-corrected chi connectivity index (χ4v) is 4.78. The molecule has 32 heavy (non-hydrogen) atoms. The van der Waals surface area contributed by atoms with Crippen LogP contribution >= 0.6 is 11.3 Å². The number of anilines is 1. The molecule has 1 fully saturated rings. The average molecular weight is 459 g/mol. The highest BCUT2D eigenvalue weighted by molar-refractivity contribution is 7.18. The summed E-state index contributed by atoms with van der Waals surface area (Å²) in [6.07, 6.45) is 1.74. The molecule has 0 radical (unpaired) electrons. The first-order valence-electron chi connectivity index (χ1n) is 10.9. The zero-order valence-electron chi connectivity index (χ0n) is 19.0. The second-order valence-electron chi connectivity index (χ2n) is 7.18. The summed E-state index contributed by atoms with van der Waals surface area (Å²) in [6, 6.07) is 5.58. The first kappa shape index (κ1) is 23.7. The lowest BCUT2D eigenvalue weighted by molar-refractivity contribution is 0.0958. The fourth-order valence-electron chi connectivity index (χ4n) is 3.68. The Hall–Kier alpha value is -2.98. The summed E-state index contributed by atoms with van der Waals surface area (Å²) >= 11 is 1.45. The van der Waals surface area contributed by atoms with Gasteiger partial charge in [0, 0.05) is 51.2 Å². The van der Waals surface area contributed by atoms with Crippen molar-refractivity contribution in [2.24, 2.45) is 0 Å². The van der Waals surface area contributed by atoms with Gasteiger partial charge in [0.1, 0.15) is 10.4 Å². The molecule has 1 aliphatic rings. The van der Waals surface area contributed by atoms with Gasteiger partial charge in [-0.2, -0.15) is 0 Å². The van der Waals surface area contributed by atoms with E-state index in [1.165, 1.54) is 15.9 Å².